The third-order valence-corrected chi connectivity index (χ3v) is 4.98. The highest BCUT2D eigenvalue weighted by Gasteiger charge is 2.17. The molecule has 1 nitrogen and oxygen atoms in total. The molecule has 0 fully saturated rings. The molecule has 17 heavy (non-hydrogen) atoms. The average Bonchev–Trinajstić information content (AvgIpc) is 2.60. The van der Waals surface area contributed by atoms with Gasteiger partial charge in [0.25, 0.3) is 0 Å². The van der Waals surface area contributed by atoms with Crippen molar-refractivity contribution in [3.05, 3.63) is 54.6 Å². The van der Waals surface area contributed by atoms with Crippen LogP contribution in [0.1, 0.15) is 26.9 Å². The summed E-state index contributed by atoms with van der Waals surface area (Å²) in [7, 11) is 0. The van der Waals surface area contributed by atoms with Crippen molar-refractivity contribution < 1.29 is 0 Å². The maximum atomic E-state index is 6.32. The Labute approximate surface area is 119 Å². The van der Waals surface area contributed by atoms with Gasteiger partial charge >= 0.3 is 0 Å². The number of rotatable bonds is 2. The average molecular weight is 331 g/mol. The van der Waals surface area contributed by atoms with Crippen LogP contribution in [0.2, 0.25) is 5.02 Å². The summed E-state index contributed by atoms with van der Waals surface area (Å²) in [4.78, 5) is 2.40. The molecule has 1 heterocycles. The molecule has 0 amide bonds. The van der Waals surface area contributed by atoms with Crippen LogP contribution in [-0.4, -0.2) is 0 Å². The Hall–Kier alpha value is -0.350. The standard InChI is InChI=1S/C13H13BrClNS/c1-7-3-4-9(15)6-10(7)12(16)13-11(14)5-8(2)17-13/h3-6,12H,16H2,1-2H3. The summed E-state index contributed by atoms with van der Waals surface area (Å²) < 4.78 is 1.08. The maximum absolute atomic E-state index is 6.32. The molecule has 0 saturated carbocycles. The molecule has 90 valence electrons. The van der Waals surface area contributed by atoms with E-state index in [0.717, 1.165) is 19.9 Å². The lowest BCUT2D eigenvalue weighted by molar-refractivity contribution is 0.878. The van der Waals surface area contributed by atoms with E-state index in [2.05, 4.69) is 35.8 Å². The van der Waals surface area contributed by atoms with Gasteiger partial charge in [-0.15, -0.1) is 11.3 Å². The Morgan fingerprint density at radius 1 is 1.29 bits per heavy atom. The highest BCUT2D eigenvalue weighted by molar-refractivity contribution is 9.10. The zero-order valence-electron chi connectivity index (χ0n) is 9.63. The molecule has 0 saturated heterocycles. The first kappa shape index (κ1) is 13.1. The number of benzene rings is 1. The molecule has 0 radical (unpaired) electrons. The summed E-state index contributed by atoms with van der Waals surface area (Å²) in [6, 6.07) is 7.82. The summed E-state index contributed by atoms with van der Waals surface area (Å²) >= 11 is 11.3. The van der Waals surface area contributed by atoms with Crippen LogP contribution in [0.15, 0.2) is 28.7 Å². The third kappa shape index (κ3) is 2.74. The van der Waals surface area contributed by atoms with Crippen LogP contribution in [-0.2, 0) is 0 Å². The summed E-state index contributed by atoms with van der Waals surface area (Å²) in [6.45, 7) is 4.14. The smallest absolute Gasteiger partial charge is 0.0660 e. The first-order valence-electron chi connectivity index (χ1n) is 5.26. The van der Waals surface area contributed by atoms with Gasteiger partial charge in [0.2, 0.25) is 0 Å². The van der Waals surface area contributed by atoms with Gasteiger partial charge in [-0.25, -0.2) is 0 Å². The van der Waals surface area contributed by atoms with Crippen molar-refractivity contribution in [1.82, 2.24) is 0 Å². The molecule has 1 aromatic heterocycles. The van der Waals surface area contributed by atoms with Crippen molar-refractivity contribution in [2.45, 2.75) is 19.9 Å². The lowest BCUT2D eigenvalue weighted by atomic mass is 10.0. The van der Waals surface area contributed by atoms with E-state index < -0.39 is 0 Å². The van der Waals surface area contributed by atoms with E-state index in [1.54, 1.807) is 11.3 Å². The minimum Gasteiger partial charge on any atom is -0.320 e. The van der Waals surface area contributed by atoms with Gasteiger partial charge in [-0.2, -0.15) is 0 Å². The Morgan fingerprint density at radius 3 is 2.59 bits per heavy atom. The van der Waals surface area contributed by atoms with Crippen molar-refractivity contribution in [2.24, 2.45) is 5.73 Å². The second-order valence-electron chi connectivity index (χ2n) is 4.05. The van der Waals surface area contributed by atoms with E-state index >= 15 is 0 Å². The van der Waals surface area contributed by atoms with E-state index in [1.807, 2.05) is 18.2 Å². The lowest BCUT2D eigenvalue weighted by Crippen LogP contribution is -2.12. The molecule has 0 bridgehead atoms. The zero-order chi connectivity index (χ0) is 12.6. The molecule has 2 rings (SSSR count). The lowest BCUT2D eigenvalue weighted by Gasteiger charge is -2.14. The van der Waals surface area contributed by atoms with E-state index in [9.17, 15) is 0 Å². The summed E-state index contributed by atoms with van der Waals surface area (Å²) in [5.41, 5.74) is 8.57. The molecule has 1 atom stereocenters. The van der Waals surface area contributed by atoms with Gasteiger partial charge in [-0.05, 0) is 59.1 Å². The highest BCUT2D eigenvalue weighted by Crippen LogP contribution is 2.35. The van der Waals surface area contributed by atoms with E-state index in [-0.39, 0.29) is 6.04 Å². The topological polar surface area (TPSA) is 26.0 Å². The van der Waals surface area contributed by atoms with Crippen LogP contribution in [0, 0.1) is 13.8 Å². The SMILES string of the molecule is Cc1cc(Br)c(C(N)c2cc(Cl)ccc2C)s1. The fourth-order valence-electron chi connectivity index (χ4n) is 1.80. The Balaban J connectivity index is 2.46. The van der Waals surface area contributed by atoms with Crippen LogP contribution >= 0.6 is 38.9 Å². The molecule has 4 heteroatoms. The Morgan fingerprint density at radius 2 is 2.00 bits per heavy atom. The molecule has 0 spiro atoms. The van der Waals surface area contributed by atoms with Gasteiger partial charge in [-0.1, -0.05) is 17.7 Å². The monoisotopic (exact) mass is 329 g/mol. The Bertz CT molecular complexity index is 550. The van der Waals surface area contributed by atoms with Gasteiger partial charge in [-0.3, -0.25) is 0 Å². The van der Waals surface area contributed by atoms with Crippen molar-refractivity contribution in [3.63, 3.8) is 0 Å². The molecule has 0 aliphatic carbocycles. The number of nitrogens with two attached hydrogens (primary N) is 1. The van der Waals surface area contributed by atoms with Crippen LogP contribution in [0.4, 0.5) is 0 Å². The van der Waals surface area contributed by atoms with E-state index in [1.165, 1.54) is 10.4 Å². The number of halogens is 2. The maximum Gasteiger partial charge on any atom is 0.0660 e. The molecule has 2 N–H and O–H groups in total. The van der Waals surface area contributed by atoms with Crippen LogP contribution in [0.3, 0.4) is 0 Å². The minimum absolute atomic E-state index is 0.123. The molecular weight excluding hydrogens is 318 g/mol. The fraction of sp³-hybridized carbons (Fsp3) is 0.231. The molecule has 1 unspecified atom stereocenters. The highest BCUT2D eigenvalue weighted by atomic mass is 79.9. The van der Waals surface area contributed by atoms with Crippen LogP contribution in [0.25, 0.3) is 0 Å². The summed E-state index contributed by atoms with van der Waals surface area (Å²) in [6.07, 6.45) is 0. The van der Waals surface area contributed by atoms with Crippen molar-refractivity contribution in [3.8, 4) is 0 Å². The van der Waals surface area contributed by atoms with Gasteiger partial charge in [0, 0.05) is 19.2 Å². The second kappa shape index (κ2) is 5.11. The van der Waals surface area contributed by atoms with E-state index in [0.29, 0.717) is 0 Å². The summed E-state index contributed by atoms with van der Waals surface area (Å²) in [5, 5.41) is 0.727. The van der Waals surface area contributed by atoms with Crippen molar-refractivity contribution in [2.75, 3.05) is 0 Å². The molecule has 1 aromatic carbocycles. The number of aryl methyl sites for hydroxylation is 2. The fourth-order valence-corrected chi connectivity index (χ4v) is 3.90. The molecule has 2 aromatic rings. The van der Waals surface area contributed by atoms with Crippen LogP contribution in [0.5, 0.6) is 0 Å². The van der Waals surface area contributed by atoms with Gasteiger partial charge in [0.1, 0.15) is 0 Å². The predicted molar refractivity (Wildman–Crippen MR) is 79.0 cm³/mol. The molecule has 0 aliphatic rings. The largest absolute Gasteiger partial charge is 0.320 e. The van der Waals surface area contributed by atoms with Gasteiger partial charge < -0.3 is 5.73 Å². The summed E-state index contributed by atoms with van der Waals surface area (Å²) in [5.74, 6) is 0. The number of thiophene rings is 1. The van der Waals surface area contributed by atoms with Crippen molar-refractivity contribution in [1.29, 1.82) is 0 Å². The molecule has 0 aliphatic heterocycles. The Kier molecular flexibility index (Phi) is 3.93. The van der Waals surface area contributed by atoms with Gasteiger partial charge in [0.15, 0.2) is 0 Å². The number of hydrogen-bond acceptors (Lipinski definition) is 2. The third-order valence-electron chi connectivity index (χ3n) is 2.70. The van der Waals surface area contributed by atoms with Crippen LogP contribution < -0.4 is 5.73 Å². The zero-order valence-corrected chi connectivity index (χ0v) is 12.8. The first-order valence-corrected chi connectivity index (χ1v) is 7.25. The second-order valence-corrected chi connectivity index (χ2v) is 6.63. The van der Waals surface area contributed by atoms with Crippen molar-refractivity contribution >= 4 is 38.9 Å². The molecular formula is C13H13BrClNS. The quantitative estimate of drug-likeness (QED) is 0.838. The number of hydrogen-bond donors (Lipinski definition) is 1. The van der Waals surface area contributed by atoms with E-state index in [4.69, 9.17) is 17.3 Å². The first-order chi connectivity index (χ1) is 7.99. The normalized spacial score (nSPS) is 12.8. The minimum atomic E-state index is -0.123. The predicted octanol–water partition coefficient (Wildman–Crippen LogP) is 4.83. The van der Waals surface area contributed by atoms with Gasteiger partial charge in [0.05, 0.1) is 6.04 Å².